The third kappa shape index (κ3) is 4.26. The van der Waals surface area contributed by atoms with Crippen LogP contribution in [0.2, 0.25) is 0 Å². The maximum Gasteiger partial charge on any atom is 0.165 e. The van der Waals surface area contributed by atoms with Crippen LogP contribution in [0.25, 0.3) is 21.2 Å². The van der Waals surface area contributed by atoms with Gasteiger partial charge in [-0.1, -0.05) is 18.2 Å². The number of benzene rings is 2. The van der Waals surface area contributed by atoms with Crippen LogP contribution < -0.4 is 9.47 Å². The van der Waals surface area contributed by atoms with Crippen molar-refractivity contribution in [3.63, 3.8) is 0 Å². The average molecular weight is 462 g/mol. The van der Waals surface area contributed by atoms with Gasteiger partial charge in [0.25, 0.3) is 0 Å². The monoisotopic (exact) mass is 461 g/mol. The number of rotatable bonds is 5. The topological polar surface area (TPSA) is 44.1 Å². The molecule has 0 amide bonds. The van der Waals surface area contributed by atoms with Crippen molar-refractivity contribution in [2.75, 3.05) is 26.4 Å². The number of thiophene rings is 1. The molecule has 1 fully saturated rings. The minimum Gasteiger partial charge on any atom is -0.488 e. The van der Waals surface area contributed by atoms with Gasteiger partial charge in [-0.05, 0) is 48.2 Å². The first kappa shape index (κ1) is 20.8. The van der Waals surface area contributed by atoms with Gasteiger partial charge in [-0.2, -0.15) is 0 Å². The van der Waals surface area contributed by atoms with Crippen molar-refractivity contribution >= 4 is 21.4 Å². The fraction of sp³-hybridized carbons (Fsp3) is 0.333. The predicted octanol–water partition coefficient (Wildman–Crippen LogP) is 6.03. The largest absolute Gasteiger partial charge is 0.488 e. The lowest BCUT2D eigenvalue weighted by Gasteiger charge is -2.20. The molecule has 2 aromatic carbocycles. The molecule has 0 saturated carbocycles. The zero-order valence-corrected chi connectivity index (χ0v) is 19.5. The van der Waals surface area contributed by atoms with Crippen LogP contribution in [0.5, 0.6) is 11.5 Å². The van der Waals surface area contributed by atoms with E-state index in [1.165, 1.54) is 21.2 Å². The quantitative estimate of drug-likeness (QED) is 0.363. The normalized spacial score (nSPS) is 18.8. The van der Waals surface area contributed by atoms with E-state index in [1.54, 1.807) is 11.3 Å². The molecule has 33 heavy (non-hydrogen) atoms. The van der Waals surface area contributed by atoms with E-state index < -0.39 is 0 Å². The Labute approximate surface area is 197 Å². The fourth-order valence-electron chi connectivity index (χ4n) is 4.69. The zero-order valence-electron chi connectivity index (χ0n) is 18.7. The lowest BCUT2D eigenvalue weighted by Crippen LogP contribution is -2.25. The van der Waals surface area contributed by atoms with Crippen molar-refractivity contribution in [2.45, 2.75) is 32.5 Å². The summed E-state index contributed by atoms with van der Waals surface area (Å²) in [6.07, 6.45) is 0.974. The Morgan fingerprint density at radius 1 is 1.12 bits per heavy atom. The molecule has 0 radical (unpaired) electrons. The van der Waals surface area contributed by atoms with Gasteiger partial charge in [0.2, 0.25) is 0 Å². The van der Waals surface area contributed by atoms with Crippen molar-refractivity contribution < 1.29 is 18.6 Å². The molecule has 2 aliphatic rings. The fourth-order valence-corrected chi connectivity index (χ4v) is 5.66. The zero-order chi connectivity index (χ0) is 22.2. The molecule has 2 aromatic heterocycles. The van der Waals surface area contributed by atoms with Crippen molar-refractivity contribution in [1.82, 2.24) is 4.90 Å². The number of fused-ring (bicyclic) bond motifs is 2. The van der Waals surface area contributed by atoms with Crippen LogP contribution in [-0.2, 0) is 17.8 Å². The van der Waals surface area contributed by atoms with Crippen molar-refractivity contribution in [1.29, 1.82) is 0 Å². The van der Waals surface area contributed by atoms with E-state index in [-0.39, 0.29) is 6.10 Å². The Morgan fingerprint density at radius 3 is 2.91 bits per heavy atom. The summed E-state index contributed by atoms with van der Waals surface area (Å²) in [5.41, 5.74) is 3.56. The highest BCUT2D eigenvalue weighted by Crippen LogP contribution is 2.42. The SMILES string of the molecule is Cc1ccc(CN2CCOc3c(cc(-c4csc5ccccc45)cc3O[C@@H]3CCOC3)C2)o1. The van der Waals surface area contributed by atoms with Crippen molar-refractivity contribution in [3.05, 3.63) is 71.0 Å². The molecule has 0 N–H and O–H groups in total. The van der Waals surface area contributed by atoms with E-state index in [2.05, 4.69) is 52.7 Å². The van der Waals surface area contributed by atoms with Crippen LogP contribution >= 0.6 is 11.3 Å². The number of aryl methyl sites for hydroxylation is 1. The highest BCUT2D eigenvalue weighted by Gasteiger charge is 2.25. The minimum atomic E-state index is 0.0672. The predicted molar refractivity (Wildman–Crippen MR) is 130 cm³/mol. The summed E-state index contributed by atoms with van der Waals surface area (Å²) in [5, 5.41) is 3.52. The highest BCUT2D eigenvalue weighted by molar-refractivity contribution is 7.17. The van der Waals surface area contributed by atoms with Gasteiger partial charge in [-0.15, -0.1) is 11.3 Å². The molecule has 0 aliphatic carbocycles. The summed E-state index contributed by atoms with van der Waals surface area (Å²) in [6.45, 7) is 6.35. The molecule has 1 atom stereocenters. The second-order valence-corrected chi connectivity index (χ2v) is 9.69. The summed E-state index contributed by atoms with van der Waals surface area (Å²) in [5.74, 6) is 3.61. The number of furan rings is 1. The van der Waals surface area contributed by atoms with Gasteiger partial charge in [0, 0.05) is 40.7 Å². The van der Waals surface area contributed by atoms with Gasteiger partial charge < -0.3 is 18.6 Å². The second kappa shape index (κ2) is 8.86. The first-order valence-electron chi connectivity index (χ1n) is 11.5. The molecular weight excluding hydrogens is 434 g/mol. The number of hydrogen-bond acceptors (Lipinski definition) is 6. The van der Waals surface area contributed by atoms with E-state index in [4.69, 9.17) is 18.6 Å². The molecule has 170 valence electrons. The van der Waals surface area contributed by atoms with Crippen LogP contribution in [-0.4, -0.2) is 37.4 Å². The Bertz CT molecular complexity index is 1270. The van der Waals surface area contributed by atoms with Crippen LogP contribution in [0.1, 0.15) is 23.5 Å². The Hall–Kier alpha value is -2.80. The lowest BCUT2D eigenvalue weighted by molar-refractivity contribution is 0.137. The summed E-state index contributed by atoms with van der Waals surface area (Å²) >= 11 is 1.78. The Morgan fingerprint density at radius 2 is 2.06 bits per heavy atom. The molecule has 1 saturated heterocycles. The van der Waals surface area contributed by atoms with E-state index in [1.807, 2.05) is 13.0 Å². The van der Waals surface area contributed by atoms with Gasteiger partial charge in [0.15, 0.2) is 11.5 Å². The van der Waals surface area contributed by atoms with Gasteiger partial charge >= 0.3 is 0 Å². The Balaban J connectivity index is 1.39. The molecule has 2 aliphatic heterocycles. The first-order valence-corrected chi connectivity index (χ1v) is 12.4. The maximum absolute atomic E-state index is 6.45. The molecule has 4 heterocycles. The molecule has 0 unspecified atom stereocenters. The van der Waals surface area contributed by atoms with Gasteiger partial charge in [-0.25, -0.2) is 0 Å². The van der Waals surface area contributed by atoms with Crippen molar-refractivity contribution in [2.24, 2.45) is 0 Å². The van der Waals surface area contributed by atoms with Gasteiger partial charge in [-0.3, -0.25) is 4.90 Å². The highest BCUT2D eigenvalue weighted by atomic mass is 32.1. The van der Waals surface area contributed by atoms with Crippen LogP contribution in [0, 0.1) is 6.92 Å². The molecule has 5 nitrogen and oxygen atoms in total. The van der Waals surface area contributed by atoms with Gasteiger partial charge in [0.05, 0.1) is 19.8 Å². The third-order valence-corrected chi connectivity index (χ3v) is 7.29. The molecular formula is C27H27NO4S. The lowest BCUT2D eigenvalue weighted by atomic mass is 10.0. The molecule has 0 spiro atoms. The van der Waals surface area contributed by atoms with E-state index in [9.17, 15) is 0 Å². The van der Waals surface area contributed by atoms with Crippen LogP contribution in [0.4, 0.5) is 0 Å². The summed E-state index contributed by atoms with van der Waals surface area (Å²) in [6, 6.07) is 17.1. The number of nitrogens with zero attached hydrogens (tertiary/aromatic N) is 1. The molecule has 6 rings (SSSR count). The first-order chi connectivity index (χ1) is 16.2. The second-order valence-electron chi connectivity index (χ2n) is 8.78. The van der Waals surface area contributed by atoms with Gasteiger partial charge in [0.1, 0.15) is 24.2 Å². The van der Waals surface area contributed by atoms with E-state index >= 15 is 0 Å². The van der Waals surface area contributed by atoms with Crippen LogP contribution in [0.15, 0.2) is 58.3 Å². The molecule has 4 aromatic rings. The summed E-state index contributed by atoms with van der Waals surface area (Å²) < 4.78 is 25.4. The maximum atomic E-state index is 6.45. The smallest absolute Gasteiger partial charge is 0.165 e. The van der Waals surface area contributed by atoms with E-state index in [0.717, 1.165) is 61.2 Å². The average Bonchev–Trinajstić information content (AvgIpc) is 3.54. The standard InChI is InChI=1S/C27H27NO4S/c1-18-6-7-21(31-18)15-28-9-11-30-27-20(14-28)12-19(13-25(27)32-22-8-10-29-16-22)24-17-33-26-5-3-2-4-23(24)26/h2-7,12-13,17,22H,8-11,14-16H2,1H3/t22-/m1/s1. The summed E-state index contributed by atoms with van der Waals surface area (Å²) in [7, 11) is 0. The molecule has 6 heteroatoms. The van der Waals surface area contributed by atoms with E-state index in [0.29, 0.717) is 13.2 Å². The summed E-state index contributed by atoms with van der Waals surface area (Å²) in [4.78, 5) is 2.38. The minimum absolute atomic E-state index is 0.0672. The third-order valence-electron chi connectivity index (χ3n) is 6.33. The van der Waals surface area contributed by atoms with Crippen molar-refractivity contribution in [3.8, 4) is 22.6 Å². The number of hydrogen-bond donors (Lipinski definition) is 0. The molecule has 0 bridgehead atoms. The number of ether oxygens (including phenoxy) is 3. The Kier molecular flexibility index (Phi) is 5.58. The van der Waals surface area contributed by atoms with Crippen LogP contribution in [0.3, 0.4) is 0 Å².